The van der Waals surface area contributed by atoms with E-state index >= 15 is 0 Å². The van der Waals surface area contributed by atoms with Crippen LogP contribution in [0.25, 0.3) is 21.5 Å². The van der Waals surface area contributed by atoms with E-state index in [-0.39, 0.29) is 50.9 Å². The van der Waals surface area contributed by atoms with Gasteiger partial charge in [-0.2, -0.15) is 0 Å². The van der Waals surface area contributed by atoms with Crippen LogP contribution in [-0.2, 0) is 16.5 Å². The van der Waals surface area contributed by atoms with Crippen LogP contribution in [0.1, 0.15) is 43.0 Å². The summed E-state index contributed by atoms with van der Waals surface area (Å²) in [7, 11) is 0. The minimum Gasteiger partial charge on any atom is -0.872 e. The van der Waals surface area contributed by atoms with Gasteiger partial charge in [-0.05, 0) is 90.7 Å². The molecule has 0 aliphatic rings. The molecule has 0 unspecified atom stereocenters. The standard InChI is InChI=1S/2C19H17NO2.Ni/c2*1-12-7-8-17(13(2)9-12)20-19(22)16-10-14-5-3-4-6-15(14)11-18(16)21;/h2*3-11,21H,1-2H3,(H,20,22);/q;;+2/p-1. The number of nitrogens with one attached hydrogen (secondary N) is 2. The van der Waals surface area contributed by atoms with Crippen LogP contribution in [0, 0.1) is 27.7 Å². The number of fused-ring (bicyclic) bond motifs is 2. The van der Waals surface area contributed by atoms with Crippen LogP contribution < -0.4 is 15.7 Å². The Morgan fingerprint density at radius 2 is 0.956 bits per heavy atom. The molecule has 45 heavy (non-hydrogen) atoms. The third-order valence-corrected chi connectivity index (χ3v) is 7.46. The van der Waals surface area contributed by atoms with Crippen LogP contribution in [-0.4, -0.2) is 16.9 Å². The van der Waals surface area contributed by atoms with Gasteiger partial charge in [-0.3, -0.25) is 9.59 Å². The monoisotopic (exact) mass is 639 g/mol. The van der Waals surface area contributed by atoms with Crippen LogP contribution >= 0.6 is 0 Å². The SMILES string of the molecule is Cc1ccc(NC(=O)c2cc3ccccc3cc2O)c(C)c1.Cc1ccc(NC(=O)c2cc3ccccc3cc2[O-])c(C)c1.[Ni+2]. The Balaban J connectivity index is 0.000000200. The van der Waals surface area contributed by atoms with E-state index < -0.39 is 0 Å². The van der Waals surface area contributed by atoms with E-state index in [1.165, 1.54) is 6.07 Å². The topological polar surface area (TPSA) is 101 Å². The van der Waals surface area contributed by atoms with E-state index in [0.717, 1.165) is 55.2 Å². The third-order valence-electron chi connectivity index (χ3n) is 7.46. The number of anilines is 2. The van der Waals surface area contributed by atoms with Gasteiger partial charge in [-0.1, -0.05) is 95.7 Å². The van der Waals surface area contributed by atoms with Crippen molar-refractivity contribution in [3.8, 4) is 11.5 Å². The van der Waals surface area contributed by atoms with Crippen molar-refractivity contribution in [2.75, 3.05) is 10.6 Å². The number of rotatable bonds is 4. The average molecular weight is 640 g/mol. The van der Waals surface area contributed by atoms with Gasteiger partial charge in [-0.15, -0.1) is 0 Å². The van der Waals surface area contributed by atoms with Crippen LogP contribution in [0.2, 0.25) is 0 Å². The van der Waals surface area contributed by atoms with E-state index in [1.54, 1.807) is 18.2 Å². The number of aryl methyl sites for hydroxylation is 4. The predicted octanol–water partition coefficient (Wildman–Crippen LogP) is 8.19. The molecular weight excluding hydrogens is 607 g/mol. The first-order valence-corrected chi connectivity index (χ1v) is 14.3. The van der Waals surface area contributed by atoms with Gasteiger partial charge in [0.25, 0.3) is 11.8 Å². The summed E-state index contributed by atoms with van der Waals surface area (Å²) in [6.07, 6.45) is 0. The van der Waals surface area contributed by atoms with E-state index in [2.05, 4.69) is 10.6 Å². The molecule has 0 saturated heterocycles. The molecule has 6 rings (SSSR count). The van der Waals surface area contributed by atoms with Crippen molar-refractivity contribution in [3.63, 3.8) is 0 Å². The summed E-state index contributed by atoms with van der Waals surface area (Å²) in [6, 6.07) is 33.2. The van der Waals surface area contributed by atoms with Gasteiger partial charge < -0.3 is 20.8 Å². The Hall–Kier alpha value is -5.13. The van der Waals surface area contributed by atoms with E-state index in [4.69, 9.17) is 0 Å². The number of carbonyl (C=O) groups is 2. The predicted molar refractivity (Wildman–Crippen MR) is 177 cm³/mol. The molecule has 0 bridgehead atoms. The maximum absolute atomic E-state index is 12.4. The Morgan fingerprint density at radius 3 is 1.42 bits per heavy atom. The fraction of sp³-hybridized carbons (Fsp3) is 0.105. The Labute approximate surface area is 272 Å². The first-order chi connectivity index (χ1) is 21.1. The quantitative estimate of drug-likeness (QED) is 0.169. The largest absolute Gasteiger partial charge is 2.00 e. The smallest absolute Gasteiger partial charge is 0.872 e. The molecule has 6 aromatic rings. The van der Waals surface area contributed by atoms with E-state index in [1.807, 2.05) is 113 Å². The van der Waals surface area contributed by atoms with Crippen molar-refractivity contribution >= 4 is 44.7 Å². The number of hydrogen-bond donors (Lipinski definition) is 3. The summed E-state index contributed by atoms with van der Waals surface area (Å²) in [5.74, 6) is -0.958. The molecule has 0 aliphatic heterocycles. The van der Waals surface area contributed by atoms with E-state index in [0.29, 0.717) is 0 Å². The number of phenols is 1. The van der Waals surface area contributed by atoms with Crippen LogP contribution in [0.4, 0.5) is 11.4 Å². The van der Waals surface area contributed by atoms with Crippen molar-refractivity contribution in [1.29, 1.82) is 0 Å². The molecule has 6 aromatic carbocycles. The Morgan fingerprint density at radius 1 is 0.556 bits per heavy atom. The number of phenolic OH excluding ortho intramolecular Hbond substituents is 1. The fourth-order valence-corrected chi connectivity index (χ4v) is 5.09. The molecule has 6 nitrogen and oxygen atoms in total. The first-order valence-electron chi connectivity index (χ1n) is 14.3. The number of hydrogen-bond acceptors (Lipinski definition) is 4. The van der Waals surface area contributed by atoms with Gasteiger partial charge in [0.2, 0.25) is 0 Å². The van der Waals surface area contributed by atoms with Crippen LogP contribution in [0.3, 0.4) is 0 Å². The van der Waals surface area contributed by atoms with Crippen LogP contribution in [0.5, 0.6) is 11.5 Å². The molecule has 2 amide bonds. The number of aromatic hydroxyl groups is 1. The summed E-state index contributed by atoms with van der Waals surface area (Å²) in [6.45, 7) is 7.88. The molecule has 7 heteroatoms. The maximum atomic E-state index is 12.4. The Kier molecular flexibility index (Phi) is 10.3. The molecule has 0 atom stereocenters. The summed E-state index contributed by atoms with van der Waals surface area (Å²) < 4.78 is 0. The zero-order valence-corrected chi connectivity index (χ0v) is 26.4. The Bertz CT molecular complexity index is 1890. The molecule has 0 fully saturated rings. The van der Waals surface area contributed by atoms with Gasteiger partial charge in [0.1, 0.15) is 5.75 Å². The van der Waals surface area contributed by atoms with Gasteiger partial charge in [0, 0.05) is 16.9 Å². The van der Waals surface area contributed by atoms with Crippen molar-refractivity contribution < 1.29 is 36.3 Å². The van der Waals surface area contributed by atoms with Gasteiger partial charge in [-0.25, -0.2) is 0 Å². The molecule has 0 spiro atoms. The van der Waals surface area contributed by atoms with Crippen molar-refractivity contribution in [3.05, 3.63) is 143 Å². The average Bonchev–Trinajstić information content (AvgIpc) is 2.99. The first kappa shape index (κ1) is 32.8. The molecule has 3 N–H and O–H groups in total. The zero-order valence-electron chi connectivity index (χ0n) is 25.4. The summed E-state index contributed by atoms with van der Waals surface area (Å²) in [5.41, 5.74) is 6.16. The minimum absolute atomic E-state index is 0. The summed E-state index contributed by atoms with van der Waals surface area (Å²) in [4.78, 5) is 24.8. The van der Waals surface area contributed by atoms with Crippen molar-refractivity contribution in [2.45, 2.75) is 27.7 Å². The summed E-state index contributed by atoms with van der Waals surface area (Å²) >= 11 is 0. The van der Waals surface area contributed by atoms with Crippen molar-refractivity contribution in [1.82, 2.24) is 0 Å². The zero-order chi connectivity index (χ0) is 31.4. The van der Waals surface area contributed by atoms with Gasteiger partial charge in [0.15, 0.2) is 0 Å². The second-order valence-corrected chi connectivity index (χ2v) is 11.0. The number of amides is 2. The molecule has 0 aliphatic carbocycles. The second kappa shape index (κ2) is 14.1. The fourth-order valence-electron chi connectivity index (χ4n) is 5.09. The number of benzene rings is 6. The molecule has 228 valence electrons. The maximum Gasteiger partial charge on any atom is 2.00 e. The van der Waals surface area contributed by atoms with E-state index in [9.17, 15) is 19.8 Å². The summed E-state index contributed by atoms with van der Waals surface area (Å²) in [5, 5.41) is 31.5. The normalized spacial score (nSPS) is 10.4. The third kappa shape index (κ3) is 7.70. The molecule has 0 heterocycles. The van der Waals surface area contributed by atoms with Gasteiger partial charge in [0.05, 0.1) is 5.56 Å². The molecular formula is C38H33N2NiO4+. The molecule has 0 radical (unpaired) electrons. The van der Waals surface area contributed by atoms with Gasteiger partial charge >= 0.3 is 16.5 Å². The second-order valence-electron chi connectivity index (χ2n) is 11.0. The van der Waals surface area contributed by atoms with Crippen LogP contribution in [0.15, 0.2) is 109 Å². The van der Waals surface area contributed by atoms with Crippen molar-refractivity contribution in [2.24, 2.45) is 0 Å². The molecule has 0 saturated carbocycles. The molecule has 0 aromatic heterocycles. The minimum atomic E-state index is -0.372. The number of carbonyl (C=O) groups excluding carboxylic acids is 2.